The molecule has 0 bridgehead atoms. The number of nitrogens with zero attached hydrogens (tertiary/aromatic N) is 3. The Hall–Kier alpha value is -1.17. The van der Waals surface area contributed by atoms with Crippen LogP contribution >= 0.6 is 38.9 Å². The normalized spacial score (nSPS) is 11.8. The minimum Gasteiger partial charge on any atom is -0.355 e. The number of fused-ring (bicyclic) bond motifs is 1. The van der Waals surface area contributed by atoms with E-state index in [4.69, 9.17) is 16.6 Å². The van der Waals surface area contributed by atoms with Gasteiger partial charge in [0.15, 0.2) is 0 Å². The summed E-state index contributed by atoms with van der Waals surface area (Å²) < 4.78 is 1.08. The molecule has 3 nitrogen and oxygen atoms in total. The van der Waals surface area contributed by atoms with Gasteiger partial charge < -0.3 is 4.90 Å². The molecule has 0 aliphatic carbocycles. The highest BCUT2D eigenvalue weighted by atomic mass is 79.9. The fourth-order valence-electron chi connectivity index (χ4n) is 3.53. The van der Waals surface area contributed by atoms with Crippen molar-refractivity contribution in [3.8, 4) is 11.1 Å². The Morgan fingerprint density at radius 2 is 1.64 bits per heavy atom. The number of aromatic nitrogens is 2. The summed E-state index contributed by atoms with van der Waals surface area (Å²) in [5, 5.41) is 1.46. The molecule has 0 amide bonds. The van der Waals surface area contributed by atoms with Gasteiger partial charge in [-0.2, -0.15) is 4.98 Å². The topological polar surface area (TPSA) is 29.0 Å². The van der Waals surface area contributed by atoms with Crippen molar-refractivity contribution in [3.05, 3.63) is 38.9 Å². The minimum atomic E-state index is 0.325. The summed E-state index contributed by atoms with van der Waals surface area (Å²) in [7, 11) is 0. The van der Waals surface area contributed by atoms with E-state index in [1.165, 1.54) is 16.0 Å². The van der Waals surface area contributed by atoms with E-state index < -0.39 is 0 Å². The highest BCUT2D eigenvalue weighted by molar-refractivity contribution is 9.10. The molecule has 0 saturated carbocycles. The van der Waals surface area contributed by atoms with Crippen LogP contribution in [0.1, 0.15) is 39.5 Å². The van der Waals surface area contributed by atoms with Crippen molar-refractivity contribution in [1.29, 1.82) is 0 Å². The van der Waals surface area contributed by atoms with Crippen LogP contribution in [-0.2, 0) is 6.42 Å². The minimum absolute atomic E-state index is 0.325. The van der Waals surface area contributed by atoms with Gasteiger partial charge >= 0.3 is 0 Å². The summed E-state index contributed by atoms with van der Waals surface area (Å²) in [6.45, 7) is 13.1. The summed E-state index contributed by atoms with van der Waals surface area (Å²) in [6.07, 6.45) is 0.956. The maximum Gasteiger partial charge on any atom is 0.225 e. The zero-order chi connectivity index (χ0) is 20.4. The summed E-state index contributed by atoms with van der Waals surface area (Å²) >= 11 is 11.6. The van der Waals surface area contributed by atoms with Crippen LogP contribution in [-0.4, -0.2) is 23.1 Å². The molecule has 0 saturated heterocycles. The van der Waals surface area contributed by atoms with Gasteiger partial charge in [-0.3, -0.25) is 0 Å². The average molecular weight is 481 g/mol. The standard InChI is InChI=1S/C22H27BrClN3S/c1-6-17-18(15-7-9-16(23)10-8-15)19-20(25-22(24)26-21(19)28-17)27(11-13(2)3)12-14(4)5/h7-10,13-14H,6,11-12H2,1-5H3. The smallest absolute Gasteiger partial charge is 0.225 e. The third-order valence-electron chi connectivity index (χ3n) is 4.50. The Balaban J connectivity index is 2.29. The van der Waals surface area contributed by atoms with Gasteiger partial charge in [-0.25, -0.2) is 4.98 Å². The van der Waals surface area contributed by atoms with Crippen molar-refractivity contribution in [2.75, 3.05) is 18.0 Å². The second-order valence-corrected chi connectivity index (χ2v) is 10.3. The highest BCUT2D eigenvalue weighted by Gasteiger charge is 2.23. The molecule has 0 spiro atoms. The van der Waals surface area contributed by atoms with Gasteiger partial charge in [0.2, 0.25) is 5.28 Å². The lowest BCUT2D eigenvalue weighted by Gasteiger charge is -2.28. The number of thiophene rings is 1. The maximum atomic E-state index is 6.36. The van der Waals surface area contributed by atoms with Crippen LogP contribution in [0.4, 0.5) is 5.82 Å². The molecule has 2 heterocycles. The van der Waals surface area contributed by atoms with Crippen molar-refractivity contribution in [2.24, 2.45) is 11.8 Å². The number of hydrogen-bond donors (Lipinski definition) is 0. The molecule has 0 radical (unpaired) electrons. The van der Waals surface area contributed by atoms with Gasteiger partial charge in [0.25, 0.3) is 0 Å². The predicted molar refractivity (Wildman–Crippen MR) is 127 cm³/mol. The van der Waals surface area contributed by atoms with Gasteiger partial charge in [-0.15, -0.1) is 11.3 Å². The second-order valence-electron chi connectivity index (χ2n) is 7.95. The zero-order valence-corrected chi connectivity index (χ0v) is 20.2. The predicted octanol–water partition coefficient (Wildman–Crippen LogP) is 7.46. The lowest BCUT2D eigenvalue weighted by Crippen LogP contribution is -2.32. The van der Waals surface area contributed by atoms with E-state index in [0.717, 1.165) is 40.0 Å². The molecular weight excluding hydrogens is 454 g/mol. The first kappa shape index (κ1) is 21.5. The van der Waals surface area contributed by atoms with Crippen molar-refractivity contribution in [2.45, 2.75) is 41.0 Å². The van der Waals surface area contributed by atoms with Crippen molar-refractivity contribution in [3.63, 3.8) is 0 Å². The van der Waals surface area contributed by atoms with E-state index in [1.807, 2.05) is 0 Å². The number of aryl methyl sites for hydroxylation is 1. The molecule has 3 rings (SSSR count). The van der Waals surface area contributed by atoms with Crippen LogP contribution in [0.3, 0.4) is 0 Å². The molecule has 0 unspecified atom stereocenters. The van der Waals surface area contributed by atoms with E-state index in [2.05, 4.69) is 84.7 Å². The maximum absolute atomic E-state index is 6.36. The Labute approximate surface area is 185 Å². The summed E-state index contributed by atoms with van der Waals surface area (Å²) in [6, 6.07) is 8.51. The molecule has 0 atom stereocenters. The lowest BCUT2D eigenvalue weighted by atomic mass is 10.0. The molecule has 6 heteroatoms. The number of benzene rings is 1. The fourth-order valence-corrected chi connectivity index (χ4v) is 5.14. The Kier molecular flexibility index (Phi) is 7.00. The van der Waals surface area contributed by atoms with E-state index in [1.54, 1.807) is 11.3 Å². The molecule has 2 aromatic heterocycles. The average Bonchev–Trinajstić information content (AvgIpc) is 2.98. The van der Waals surface area contributed by atoms with Crippen LogP contribution in [0.15, 0.2) is 28.7 Å². The Morgan fingerprint density at radius 3 is 2.18 bits per heavy atom. The van der Waals surface area contributed by atoms with Crippen LogP contribution in [0.2, 0.25) is 5.28 Å². The van der Waals surface area contributed by atoms with Crippen LogP contribution < -0.4 is 4.90 Å². The van der Waals surface area contributed by atoms with Gasteiger partial charge in [0.1, 0.15) is 10.6 Å². The Morgan fingerprint density at radius 1 is 1.04 bits per heavy atom. The van der Waals surface area contributed by atoms with Crippen LogP contribution in [0, 0.1) is 11.8 Å². The highest BCUT2D eigenvalue weighted by Crippen LogP contribution is 2.43. The molecule has 1 aromatic carbocycles. The number of hydrogen-bond acceptors (Lipinski definition) is 4. The van der Waals surface area contributed by atoms with E-state index in [9.17, 15) is 0 Å². The Bertz CT molecular complexity index is 941. The fraction of sp³-hybridized carbons (Fsp3) is 0.455. The van der Waals surface area contributed by atoms with E-state index in [0.29, 0.717) is 17.1 Å². The molecule has 0 N–H and O–H groups in total. The first-order valence-electron chi connectivity index (χ1n) is 9.79. The number of halogens is 2. The van der Waals surface area contributed by atoms with Gasteiger partial charge in [-0.1, -0.05) is 62.7 Å². The third kappa shape index (κ3) is 4.69. The first-order valence-corrected chi connectivity index (χ1v) is 11.8. The third-order valence-corrected chi connectivity index (χ3v) is 6.43. The van der Waals surface area contributed by atoms with E-state index in [-0.39, 0.29) is 0 Å². The van der Waals surface area contributed by atoms with Gasteiger partial charge in [0, 0.05) is 28.0 Å². The molecule has 0 aliphatic rings. The lowest BCUT2D eigenvalue weighted by molar-refractivity contribution is 0.550. The van der Waals surface area contributed by atoms with Gasteiger partial charge in [-0.05, 0) is 47.6 Å². The van der Waals surface area contributed by atoms with Crippen LogP contribution in [0.25, 0.3) is 21.3 Å². The molecule has 0 aliphatic heterocycles. The first-order chi connectivity index (χ1) is 13.3. The van der Waals surface area contributed by atoms with Crippen molar-refractivity contribution < 1.29 is 0 Å². The summed E-state index contributed by atoms with van der Waals surface area (Å²) in [5.41, 5.74) is 2.45. The monoisotopic (exact) mass is 479 g/mol. The SMILES string of the molecule is CCc1sc2nc(Cl)nc(N(CC(C)C)CC(C)C)c2c1-c1ccc(Br)cc1. The summed E-state index contributed by atoms with van der Waals surface area (Å²) in [5.74, 6) is 2.03. The van der Waals surface area contributed by atoms with E-state index >= 15 is 0 Å². The molecule has 3 aromatic rings. The molecule has 0 fully saturated rings. The molecule has 28 heavy (non-hydrogen) atoms. The zero-order valence-electron chi connectivity index (χ0n) is 17.1. The van der Waals surface area contributed by atoms with Crippen molar-refractivity contribution >= 4 is 54.9 Å². The largest absolute Gasteiger partial charge is 0.355 e. The van der Waals surface area contributed by atoms with Gasteiger partial charge in [0.05, 0.1) is 5.39 Å². The number of rotatable bonds is 7. The number of anilines is 1. The molecular formula is C22H27BrClN3S. The van der Waals surface area contributed by atoms with Crippen molar-refractivity contribution in [1.82, 2.24) is 9.97 Å². The summed E-state index contributed by atoms with van der Waals surface area (Å²) in [4.78, 5) is 14.0. The quantitative estimate of drug-likeness (QED) is 0.329. The second kappa shape index (κ2) is 9.10. The molecule has 150 valence electrons. The van der Waals surface area contributed by atoms with Crippen LogP contribution in [0.5, 0.6) is 0 Å².